The minimum absolute atomic E-state index is 0.127. The molecule has 0 saturated carbocycles. The lowest BCUT2D eigenvalue weighted by molar-refractivity contribution is -0.161. The Bertz CT molecular complexity index is 1660. The van der Waals surface area contributed by atoms with Crippen LogP contribution < -0.4 is 0 Å². The third-order valence-electron chi connectivity index (χ3n) is 11.7. The van der Waals surface area contributed by atoms with Gasteiger partial charge >= 0.3 is 25.7 Å². The molecule has 0 aliphatic rings. The van der Waals surface area contributed by atoms with Gasteiger partial charge in [-0.1, -0.05) is 194 Å². The molecular formula is C62H103O11P. The Hall–Kier alpha value is -3.86. The van der Waals surface area contributed by atoms with Gasteiger partial charge in [0, 0.05) is 19.3 Å². The molecule has 2 N–H and O–H groups in total. The quantitative estimate of drug-likeness (QED) is 0.0197. The van der Waals surface area contributed by atoms with Gasteiger partial charge in [0.05, 0.1) is 19.8 Å². The minimum Gasteiger partial charge on any atom is -0.462 e. The van der Waals surface area contributed by atoms with Gasteiger partial charge in [-0.05, 0) is 122 Å². The summed E-state index contributed by atoms with van der Waals surface area (Å²) in [5, 5.41) is 9.82. The number of carbonyl (C=O) groups excluding carboxylic acids is 3. The number of phosphoric acid groups is 1. The van der Waals surface area contributed by atoms with Crippen LogP contribution in [0.1, 0.15) is 226 Å². The molecular weight excluding hydrogens is 952 g/mol. The third kappa shape index (κ3) is 53.0. The standard InChI is InChI=1S/C62H103O11P/c1-4-7-10-13-16-19-22-25-27-29-31-34-37-40-43-46-49-52-61(65)72-58(54-63)56-70-74(67,68)71-57-59(55-69-60(64)51-48-45-42-39-36-33-24-21-18-15-12-9-6-3)73-62(66)53-50-47-44-41-38-35-32-30-28-26-23-20-17-14-11-8-5-2/h8-9,11-12,16-21,25-28,32-33,35-36,58-59,63H,4-7,10,13-15,22-24,29-31,34,37-57H2,1-3H3,(H,67,68)/b11-8-,12-9-,19-16-,20-17-,21-18-,27-25-,28-26-,35-32-,36-33-. The summed E-state index contributed by atoms with van der Waals surface area (Å²) < 4.78 is 39.5. The maximum atomic E-state index is 12.9. The van der Waals surface area contributed by atoms with Crippen LogP contribution in [0.15, 0.2) is 109 Å². The second kappa shape index (κ2) is 55.4. The molecule has 0 rings (SSSR count). The monoisotopic (exact) mass is 1050 g/mol. The Morgan fingerprint density at radius 2 is 0.703 bits per heavy atom. The van der Waals surface area contributed by atoms with Crippen molar-refractivity contribution in [3.8, 4) is 0 Å². The van der Waals surface area contributed by atoms with Crippen molar-refractivity contribution in [3.63, 3.8) is 0 Å². The molecule has 0 aromatic rings. The van der Waals surface area contributed by atoms with E-state index in [2.05, 4.69) is 130 Å². The highest BCUT2D eigenvalue weighted by molar-refractivity contribution is 7.47. The fourth-order valence-electron chi connectivity index (χ4n) is 7.33. The fraction of sp³-hybridized carbons (Fsp3) is 0.661. The van der Waals surface area contributed by atoms with Crippen molar-refractivity contribution >= 4 is 25.7 Å². The summed E-state index contributed by atoms with van der Waals surface area (Å²) in [7, 11) is -4.77. The second-order valence-electron chi connectivity index (χ2n) is 18.7. The number of hydrogen-bond donors (Lipinski definition) is 2. The highest BCUT2D eigenvalue weighted by Gasteiger charge is 2.28. The lowest BCUT2D eigenvalue weighted by Gasteiger charge is -2.21. The Labute approximate surface area is 450 Å². The summed E-state index contributed by atoms with van der Waals surface area (Å²) in [6.07, 6.45) is 66.2. The van der Waals surface area contributed by atoms with Crippen LogP contribution >= 0.6 is 7.82 Å². The van der Waals surface area contributed by atoms with E-state index in [9.17, 15) is 28.9 Å². The van der Waals surface area contributed by atoms with E-state index in [1.54, 1.807) is 0 Å². The van der Waals surface area contributed by atoms with E-state index in [0.717, 1.165) is 128 Å². The molecule has 0 spiro atoms. The van der Waals surface area contributed by atoms with Gasteiger partial charge in [0.1, 0.15) is 12.7 Å². The van der Waals surface area contributed by atoms with Gasteiger partial charge in [-0.25, -0.2) is 4.57 Å². The molecule has 0 amide bonds. The van der Waals surface area contributed by atoms with Crippen molar-refractivity contribution in [3.05, 3.63) is 109 Å². The average molecular weight is 1060 g/mol. The molecule has 0 aliphatic carbocycles. The topological polar surface area (TPSA) is 155 Å². The van der Waals surface area contributed by atoms with Gasteiger partial charge in [0.15, 0.2) is 6.10 Å². The van der Waals surface area contributed by atoms with Crippen LogP contribution in [-0.2, 0) is 42.2 Å². The highest BCUT2D eigenvalue weighted by atomic mass is 31.2. The van der Waals surface area contributed by atoms with E-state index in [1.165, 1.54) is 38.5 Å². The zero-order valence-electron chi connectivity index (χ0n) is 46.5. The number of aliphatic hydroxyl groups excluding tert-OH is 1. The van der Waals surface area contributed by atoms with Gasteiger partial charge in [0.25, 0.3) is 0 Å². The number of hydrogen-bond acceptors (Lipinski definition) is 10. The highest BCUT2D eigenvalue weighted by Crippen LogP contribution is 2.43. The molecule has 3 unspecified atom stereocenters. The zero-order chi connectivity index (χ0) is 54.1. The number of esters is 3. The largest absolute Gasteiger partial charge is 0.472 e. The van der Waals surface area contributed by atoms with Gasteiger partial charge in [-0.15, -0.1) is 0 Å². The van der Waals surface area contributed by atoms with E-state index in [1.807, 2.05) is 0 Å². The first-order valence-electron chi connectivity index (χ1n) is 28.8. The molecule has 0 aliphatic heterocycles. The molecule has 0 fully saturated rings. The van der Waals surface area contributed by atoms with Crippen LogP contribution in [0.4, 0.5) is 0 Å². The van der Waals surface area contributed by atoms with E-state index in [0.29, 0.717) is 19.3 Å². The maximum absolute atomic E-state index is 12.9. The summed E-state index contributed by atoms with van der Waals surface area (Å²) in [6, 6.07) is 0. The molecule has 0 aromatic carbocycles. The van der Waals surface area contributed by atoms with Crippen molar-refractivity contribution in [2.45, 2.75) is 238 Å². The summed E-state index contributed by atoms with van der Waals surface area (Å²) >= 11 is 0. The molecule has 0 bridgehead atoms. The van der Waals surface area contributed by atoms with Gasteiger partial charge in [0.2, 0.25) is 0 Å². The van der Waals surface area contributed by atoms with E-state index < -0.39 is 57.8 Å². The molecule has 0 saturated heterocycles. The van der Waals surface area contributed by atoms with Crippen molar-refractivity contribution in [1.82, 2.24) is 0 Å². The van der Waals surface area contributed by atoms with Crippen molar-refractivity contribution in [2.75, 3.05) is 26.4 Å². The third-order valence-corrected chi connectivity index (χ3v) is 12.6. The smallest absolute Gasteiger partial charge is 0.462 e. The lowest BCUT2D eigenvalue weighted by atomic mass is 10.1. The first-order chi connectivity index (χ1) is 36.2. The molecule has 422 valence electrons. The Kier molecular flexibility index (Phi) is 52.5. The van der Waals surface area contributed by atoms with Crippen molar-refractivity contribution < 1.29 is 52.2 Å². The summed E-state index contributed by atoms with van der Waals surface area (Å²) in [5.41, 5.74) is 0. The lowest BCUT2D eigenvalue weighted by Crippen LogP contribution is -2.30. The SMILES string of the molecule is CC/C=C\C/C=C\C/C=C\C/C=C\CCCCCCC(=O)OC(COC(=O)CCCCC/C=C\C/C=C\C/C=C\CC)COP(=O)(O)OCC(CO)OC(=O)CCCCCCCCC/C=C\C/C=C\CCCCC. The Balaban J connectivity index is 4.78. The van der Waals surface area contributed by atoms with Gasteiger partial charge < -0.3 is 24.2 Å². The number of unbranched alkanes of at least 4 members (excludes halogenated alkanes) is 17. The van der Waals surface area contributed by atoms with E-state index >= 15 is 0 Å². The predicted molar refractivity (Wildman–Crippen MR) is 307 cm³/mol. The zero-order valence-corrected chi connectivity index (χ0v) is 47.4. The van der Waals surface area contributed by atoms with Crippen LogP contribution in [-0.4, -0.2) is 66.5 Å². The maximum Gasteiger partial charge on any atom is 0.472 e. The first-order valence-corrected chi connectivity index (χ1v) is 30.3. The first kappa shape index (κ1) is 70.1. The van der Waals surface area contributed by atoms with Crippen LogP contribution in [0.2, 0.25) is 0 Å². The molecule has 3 atom stereocenters. The van der Waals surface area contributed by atoms with Crippen LogP contribution in [0.3, 0.4) is 0 Å². The summed E-state index contributed by atoms with van der Waals surface area (Å²) in [6.45, 7) is 4.31. The van der Waals surface area contributed by atoms with Gasteiger partial charge in [-0.3, -0.25) is 23.4 Å². The Morgan fingerprint density at radius 3 is 1.09 bits per heavy atom. The molecule has 74 heavy (non-hydrogen) atoms. The number of aliphatic hydroxyl groups is 1. The van der Waals surface area contributed by atoms with E-state index in [-0.39, 0.29) is 25.9 Å². The molecule has 12 heteroatoms. The average Bonchev–Trinajstić information content (AvgIpc) is 3.39. The number of ether oxygens (including phenoxy) is 3. The number of rotatable bonds is 52. The number of allylic oxidation sites excluding steroid dienone is 18. The van der Waals surface area contributed by atoms with Crippen LogP contribution in [0.25, 0.3) is 0 Å². The summed E-state index contributed by atoms with van der Waals surface area (Å²) in [5.74, 6) is -1.55. The van der Waals surface area contributed by atoms with Crippen LogP contribution in [0.5, 0.6) is 0 Å². The number of carbonyl (C=O) groups is 3. The molecule has 11 nitrogen and oxygen atoms in total. The van der Waals surface area contributed by atoms with Gasteiger partial charge in [-0.2, -0.15) is 0 Å². The Morgan fingerprint density at radius 1 is 0.392 bits per heavy atom. The van der Waals surface area contributed by atoms with Crippen molar-refractivity contribution in [1.29, 1.82) is 0 Å². The molecule has 0 aromatic heterocycles. The molecule has 0 heterocycles. The fourth-order valence-corrected chi connectivity index (χ4v) is 8.12. The van der Waals surface area contributed by atoms with E-state index in [4.69, 9.17) is 23.3 Å². The van der Waals surface area contributed by atoms with Crippen LogP contribution in [0, 0.1) is 0 Å². The molecule has 0 radical (unpaired) electrons. The number of phosphoric ester groups is 1. The minimum atomic E-state index is -4.77. The predicted octanol–water partition coefficient (Wildman–Crippen LogP) is 17.0. The normalized spacial score (nSPS) is 14.2. The second-order valence-corrected chi connectivity index (χ2v) is 20.1. The summed E-state index contributed by atoms with van der Waals surface area (Å²) in [4.78, 5) is 48.5. The van der Waals surface area contributed by atoms with Crippen molar-refractivity contribution in [2.24, 2.45) is 0 Å².